The minimum absolute atomic E-state index is 0.0309. The van der Waals surface area contributed by atoms with Crippen molar-refractivity contribution in [3.63, 3.8) is 0 Å². The van der Waals surface area contributed by atoms with E-state index in [0.717, 1.165) is 10.5 Å². The Morgan fingerprint density at radius 3 is 2.50 bits per heavy atom. The number of hydrogen-bond donors (Lipinski definition) is 0. The fourth-order valence-corrected chi connectivity index (χ4v) is 5.15. The average molecular weight is 498 g/mol. The number of anilines is 1. The molecule has 2 amide bonds. The predicted octanol–water partition coefficient (Wildman–Crippen LogP) is 0.717. The van der Waals surface area contributed by atoms with Gasteiger partial charge in [-0.3, -0.25) is 24.1 Å². The highest BCUT2D eigenvalue weighted by atomic mass is 16.7. The van der Waals surface area contributed by atoms with Gasteiger partial charge in [-0.2, -0.15) is 15.0 Å². The van der Waals surface area contributed by atoms with E-state index in [1.807, 2.05) is 35.2 Å². The van der Waals surface area contributed by atoms with E-state index >= 15 is 0 Å². The number of likely N-dealkylation sites (N-methyl/N-ethyl adjacent to an activating group) is 1. The summed E-state index contributed by atoms with van der Waals surface area (Å²) in [6, 6.07) is 8.52. The van der Waals surface area contributed by atoms with Gasteiger partial charge in [0.15, 0.2) is 6.10 Å². The number of rotatable bonds is 6. The van der Waals surface area contributed by atoms with Crippen LogP contribution in [0.3, 0.4) is 0 Å². The Morgan fingerprint density at radius 1 is 1.08 bits per heavy atom. The van der Waals surface area contributed by atoms with Crippen molar-refractivity contribution >= 4 is 23.6 Å². The zero-order chi connectivity index (χ0) is 25.6. The van der Waals surface area contributed by atoms with Gasteiger partial charge in [0.25, 0.3) is 5.91 Å². The maximum absolute atomic E-state index is 13.2. The Balaban J connectivity index is 1.70. The second-order valence-electron chi connectivity index (χ2n) is 8.85. The third kappa shape index (κ3) is 3.82. The summed E-state index contributed by atoms with van der Waals surface area (Å²) in [5.74, 6) is -1.45. The summed E-state index contributed by atoms with van der Waals surface area (Å²) in [4.78, 5) is 56.7. The van der Waals surface area contributed by atoms with Gasteiger partial charge in [-0.05, 0) is 5.56 Å². The predicted molar refractivity (Wildman–Crippen MR) is 124 cm³/mol. The molecule has 1 aromatic heterocycles. The highest BCUT2D eigenvalue weighted by Crippen LogP contribution is 2.52. The van der Waals surface area contributed by atoms with Gasteiger partial charge in [0, 0.05) is 20.1 Å². The first-order valence-corrected chi connectivity index (χ1v) is 11.5. The lowest BCUT2D eigenvalue weighted by Crippen LogP contribution is -2.44. The molecule has 12 heteroatoms. The molecule has 190 valence electrons. The van der Waals surface area contributed by atoms with Gasteiger partial charge in [0.1, 0.15) is 5.82 Å². The Morgan fingerprint density at radius 2 is 1.83 bits per heavy atom. The summed E-state index contributed by atoms with van der Waals surface area (Å²) < 4.78 is 16.0. The number of carbonyl (C=O) groups excluding carboxylic acids is 3. The van der Waals surface area contributed by atoms with Crippen LogP contribution in [0, 0.1) is 5.92 Å². The van der Waals surface area contributed by atoms with E-state index in [2.05, 4.69) is 9.97 Å². The number of hydrogen-bond acceptors (Lipinski definition) is 11. The van der Waals surface area contributed by atoms with Crippen molar-refractivity contribution in [3.05, 3.63) is 41.5 Å². The number of benzene rings is 1. The molecule has 4 heterocycles. The molecule has 0 unspecified atom stereocenters. The van der Waals surface area contributed by atoms with E-state index in [-0.39, 0.29) is 30.8 Å². The van der Waals surface area contributed by atoms with Crippen LogP contribution in [0.1, 0.15) is 23.6 Å². The van der Waals surface area contributed by atoms with E-state index in [0.29, 0.717) is 17.9 Å². The summed E-state index contributed by atoms with van der Waals surface area (Å²) in [7, 11) is 5.66. The van der Waals surface area contributed by atoms with Gasteiger partial charge in [-0.1, -0.05) is 30.3 Å². The van der Waals surface area contributed by atoms with E-state index in [4.69, 9.17) is 19.0 Å². The SMILES string of the molecule is COC(=O)C[C@@H]1CN(Cc2ccccc2)c2nc(OC)nc(OC)c2[C@@H]2[C@@H]3C(=O)N(C)C(=O)[C@@H]3ON12. The number of carbonyl (C=O) groups is 3. The molecule has 4 atom stereocenters. The molecule has 12 nitrogen and oxygen atoms in total. The monoisotopic (exact) mass is 497 g/mol. The molecule has 3 aliphatic heterocycles. The lowest BCUT2D eigenvalue weighted by Gasteiger charge is -2.31. The average Bonchev–Trinajstić information content (AvgIpc) is 3.34. The van der Waals surface area contributed by atoms with E-state index in [1.165, 1.54) is 28.4 Å². The Kier molecular flexibility index (Phi) is 6.22. The molecule has 0 spiro atoms. The van der Waals surface area contributed by atoms with Gasteiger partial charge in [-0.15, -0.1) is 0 Å². The van der Waals surface area contributed by atoms with Gasteiger partial charge in [0.2, 0.25) is 11.8 Å². The van der Waals surface area contributed by atoms with Crippen molar-refractivity contribution in [2.75, 3.05) is 39.8 Å². The first-order valence-electron chi connectivity index (χ1n) is 11.5. The van der Waals surface area contributed by atoms with Crippen LogP contribution in [0.4, 0.5) is 5.82 Å². The fraction of sp³-hybridized carbons (Fsp3) is 0.458. The number of amides is 2. The number of methoxy groups -OCH3 is 3. The van der Waals surface area contributed by atoms with Crippen LogP contribution in [0.15, 0.2) is 30.3 Å². The number of ether oxygens (including phenoxy) is 3. The molecule has 2 saturated heterocycles. The van der Waals surface area contributed by atoms with E-state index < -0.39 is 36.0 Å². The molecular formula is C24H27N5O7. The quantitative estimate of drug-likeness (QED) is 0.414. The van der Waals surface area contributed by atoms with Crippen LogP contribution in [0.25, 0.3) is 0 Å². The number of hydroxylamine groups is 2. The van der Waals surface area contributed by atoms with Crippen LogP contribution in [-0.4, -0.2) is 84.8 Å². The molecule has 2 fully saturated rings. The van der Waals surface area contributed by atoms with Crippen molar-refractivity contribution < 1.29 is 33.4 Å². The minimum Gasteiger partial charge on any atom is -0.481 e. The molecule has 0 aliphatic carbocycles. The summed E-state index contributed by atoms with van der Waals surface area (Å²) in [5, 5.41) is 1.57. The van der Waals surface area contributed by atoms with Crippen LogP contribution in [0.5, 0.6) is 11.9 Å². The first kappa shape index (κ1) is 23.9. The summed E-state index contributed by atoms with van der Waals surface area (Å²) in [6.07, 6.45) is -1.05. The van der Waals surface area contributed by atoms with Crippen LogP contribution in [0.2, 0.25) is 0 Å². The van der Waals surface area contributed by atoms with Crippen molar-refractivity contribution in [1.82, 2.24) is 19.9 Å². The van der Waals surface area contributed by atoms with E-state index in [9.17, 15) is 14.4 Å². The number of nitrogens with zero attached hydrogens (tertiary/aromatic N) is 5. The third-order valence-corrected chi connectivity index (χ3v) is 6.84. The highest BCUT2D eigenvalue weighted by Gasteiger charge is 2.62. The van der Waals surface area contributed by atoms with Gasteiger partial charge < -0.3 is 19.1 Å². The number of fused-ring (bicyclic) bond motifs is 5. The summed E-state index contributed by atoms with van der Waals surface area (Å²) >= 11 is 0. The van der Waals surface area contributed by atoms with Crippen molar-refractivity contribution in [2.45, 2.75) is 31.2 Å². The molecule has 2 aromatic rings. The molecule has 5 rings (SSSR count). The molecule has 0 saturated carbocycles. The normalized spacial score (nSPS) is 25.2. The third-order valence-electron chi connectivity index (χ3n) is 6.84. The smallest absolute Gasteiger partial charge is 0.321 e. The second-order valence-corrected chi connectivity index (χ2v) is 8.85. The zero-order valence-corrected chi connectivity index (χ0v) is 20.4. The van der Waals surface area contributed by atoms with E-state index in [1.54, 1.807) is 5.06 Å². The second kappa shape index (κ2) is 9.36. The molecule has 1 aromatic carbocycles. The lowest BCUT2D eigenvalue weighted by molar-refractivity contribution is -0.198. The standard InChI is InChI=1S/C24H27N5O7/c1-27-22(31)16-18-17-20(25-24(35-4)26-21(17)34-3)28(11-13-8-6-5-7-9-13)12-14(10-15(30)33-2)29(18)36-19(16)23(27)32/h5-9,14,16,18-19H,10-12H2,1-4H3/t14-,16+,18+,19-/m1/s1. The molecular weight excluding hydrogens is 470 g/mol. The van der Waals surface area contributed by atoms with Gasteiger partial charge in [-0.25, -0.2) is 0 Å². The van der Waals surface area contributed by atoms with Crippen molar-refractivity contribution in [3.8, 4) is 11.9 Å². The summed E-state index contributed by atoms with van der Waals surface area (Å²) in [5.41, 5.74) is 1.50. The fourth-order valence-electron chi connectivity index (χ4n) is 5.15. The molecule has 0 bridgehead atoms. The highest BCUT2D eigenvalue weighted by molar-refractivity contribution is 6.07. The molecule has 3 aliphatic rings. The Labute approximate surface area is 207 Å². The topological polar surface area (TPSA) is 124 Å². The maximum atomic E-state index is 13.2. The van der Waals surface area contributed by atoms with Crippen molar-refractivity contribution in [1.29, 1.82) is 0 Å². The number of likely N-dealkylation sites (tertiary alicyclic amines) is 1. The van der Waals surface area contributed by atoms with Gasteiger partial charge >= 0.3 is 12.0 Å². The Bertz CT molecular complexity index is 1190. The largest absolute Gasteiger partial charge is 0.481 e. The Hall–Kier alpha value is -3.77. The zero-order valence-electron chi connectivity index (χ0n) is 20.4. The molecule has 36 heavy (non-hydrogen) atoms. The number of imide groups is 1. The van der Waals surface area contributed by atoms with Crippen LogP contribution in [-0.2, 0) is 30.5 Å². The summed E-state index contributed by atoms with van der Waals surface area (Å²) in [6.45, 7) is 0.727. The van der Waals surface area contributed by atoms with Crippen molar-refractivity contribution in [2.24, 2.45) is 5.92 Å². The van der Waals surface area contributed by atoms with Gasteiger partial charge in [0.05, 0.1) is 51.3 Å². The number of aromatic nitrogens is 2. The maximum Gasteiger partial charge on any atom is 0.321 e. The number of esters is 1. The van der Waals surface area contributed by atoms with Crippen LogP contribution >= 0.6 is 0 Å². The van der Waals surface area contributed by atoms with Crippen LogP contribution < -0.4 is 14.4 Å². The lowest BCUT2D eigenvalue weighted by atomic mass is 9.91. The molecule has 0 radical (unpaired) electrons. The minimum atomic E-state index is -1.02. The molecule has 0 N–H and O–H groups in total. The first-order chi connectivity index (χ1) is 17.4.